The second kappa shape index (κ2) is 75.7. The highest BCUT2D eigenvalue weighted by Gasteiger charge is 2.45. The highest BCUT2D eigenvalue weighted by atomic mass is 32.2. The van der Waals surface area contributed by atoms with Crippen LogP contribution in [0.3, 0.4) is 0 Å². The average Bonchev–Trinajstić information content (AvgIpc) is 1.69. The standard InChI is InChI=1S/C93H169N13O34S/c1-62(2)83(69(14)108)100-94-76(114)43-124-24-32-131-50-91(51-132-33-25-125-44-77(115)95-101-84(63(3)4)70(15)109,49-130-31-23-122-39-40-141-75-41-82(120)106(89(75)121)90(20,21)22)56-138-57-92(52-133-34-26-126-45-78(116)96-102-85(64(5)6)71(16)110,53-134-35-27-127-46-79(117)97-103-86(65(7)8)72(17)111)58-139-59-93(60-140-61-137-38-30-123-42-68(13)107,54-135-36-28-128-47-80(118)98-104-87(66(9)10)73(18)112)55-136-37-29-129-48-81(119)99-105-88(67(11)12)74(19)113/h62-67,75,83-88,100-105H,23-61H2,1-22H3,(H,94,114)(H,95,115)(H,96,116)(H,97,117)(H,98,118)(H,99,119)/t75?,83-,84-,85-,86-,87-,88-/m0/s1. The molecule has 1 saturated heterocycles. The largest absolute Gasteiger partial charge is 0.380 e. The van der Waals surface area contributed by atoms with Gasteiger partial charge in [-0.1, -0.05) is 83.1 Å². The minimum atomic E-state index is -1.48. The first-order valence-electron chi connectivity index (χ1n) is 47.9. The minimum Gasteiger partial charge on any atom is -0.380 e. The summed E-state index contributed by atoms with van der Waals surface area (Å²) in [5.41, 5.74) is 26.7. The molecule has 1 aliphatic heterocycles. The molecule has 816 valence electrons. The minimum absolute atomic E-state index is 0.00203. The molecule has 1 heterocycles. The first-order valence-corrected chi connectivity index (χ1v) is 48.9. The van der Waals surface area contributed by atoms with Crippen LogP contribution < -0.4 is 65.1 Å². The maximum atomic E-state index is 13.4. The van der Waals surface area contributed by atoms with Gasteiger partial charge in [-0.2, -0.15) is 0 Å². The van der Waals surface area contributed by atoms with Crippen LogP contribution in [0, 0.1) is 51.8 Å². The predicted octanol–water partition coefficient (Wildman–Crippen LogP) is -0.127. The number of carbonyl (C=O) groups excluding carboxylic acids is 15. The van der Waals surface area contributed by atoms with E-state index < -0.39 is 138 Å². The zero-order valence-corrected chi connectivity index (χ0v) is 88.1. The molecule has 1 rings (SSSR count). The van der Waals surface area contributed by atoms with Crippen molar-refractivity contribution in [1.29, 1.82) is 0 Å². The van der Waals surface area contributed by atoms with E-state index in [1.54, 1.807) is 20.8 Å². The first-order chi connectivity index (χ1) is 66.6. The van der Waals surface area contributed by atoms with Gasteiger partial charge in [-0.3, -0.25) is 109 Å². The van der Waals surface area contributed by atoms with Crippen LogP contribution in [0.5, 0.6) is 0 Å². The van der Waals surface area contributed by atoms with E-state index in [2.05, 4.69) is 65.1 Å². The number of imide groups is 1. The lowest BCUT2D eigenvalue weighted by Crippen LogP contribution is -2.51. The summed E-state index contributed by atoms with van der Waals surface area (Å²) in [4.78, 5) is 192. The Morgan fingerprint density at radius 1 is 0.277 bits per heavy atom. The van der Waals surface area contributed by atoms with E-state index in [4.69, 9.17) is 90.0 Å². The van der Waals surface area contributed by atoms with Gasteiger partial charge < -0.3 is 90.0 Å². The zero-order chi connectivity index (χ0) is 106. The predicted molar refractivity (Wildman–Crippen MR) is 515 cm³/mol. The number of hydrogen-bond acceptors (Lipinski definition) is 41. The fourth-order valence-corrected chi connectivity index (χ4v) is 14.7. The summed E-state index contributed by atoms with van der Waals surface area (Å²) in [5, 5.41) is -0.592. The summed E-state index contributed by atoms with van der Waals surface area (Å²) in [5.74, 6) is -6.13. The zero-order valence-electron chi connectivity index (χ0n) is 87.3. The highest BCUT2D eigenvalue weighted by molar-refractivity contribution is 8.00. The number of ketones is 7. The monoisotopic (exact) mass is 2040 g/mol. The number of nitrogens with one attached hydrogen (secondary N) is 12. The van der Waals surface area contributed by atoms with Crippen molar-refractivity contribution in [3.8, 4) is 0 Å². The number of amides is 8. The van der Waals surface area contributed by atoms with Gasteiger partial charge in [0, 0.05) is 17.7 Å². The lowest BCUT2D eigenvalue weighted by Gasteiger charge is -2.38. The van der Waals surface area contributed by atoms with Gasteiger partial charge in [0.2, 0.25) is 11.8 Å². The first kappa shape index (κ1) is 132. The summed E-state index contributed by atoms with van der Waals surface area (Å²) < 4.78 is 117. The highest BCUT2D eigenvalue weighted by Crippen LogP contribution is 2.32. The van der Waals surface area contributed by atoms with Gasteiger partial charge in [-0.25, -0.2) is 32.6 Å². The molecule has 0 aromatic carbocycles. The molecular formula is C93H169N13O34S. The van der Waals surface area contributed by atoms with E-state index in [9.17, 15) is 71.9 Å². The van der Waals surface area contributed by atoms with Crippen molar-refractivity contribution in [3.63, 3.8) is 0 Å². The molecule has 0 aromatic heterocycles. The maximum absolute atomic E-state index is 13.4. The Kier molecular flexibility index (Phi) is 70.8. The Bertz CT molecular complexity index is 3480. The number of rotatable bonds is 92. The third kappa shape index (κ3) is 61.3. The van der Waals surface area contributed by atoms with Gasteiger partial charge >= 0.3 is 0 Å². The molecule has 1 aliphatic rings. The molecule has 12 N–H and O–H groups in total. The molecule has 48 heteroatoms. The van der Waals surface area contributed by atoms with Crippen molar-refractivity contribution in [1.82, 2.24) is 70.0 Å². The van der Waals surface area contributed by atoms with Crippen LogP contribution in [0.15, 0.2) is 0 Å². The molecule has 0 bridgehead atoms. The van der Waals surface area contributed by atoms with Crippen LogP contribution in [0.4, 0.5) is 0 Å². The van der Waals surface area contributed by atoms with E-state index in [0.29, 0.717) is 5.75 Å². The van der Waals surface area contributed by atoms with Gasteiger partial charge in [-0.15, -0.1) is 11.8 Å². The van der Waals surface area contributed by atoms with Gasteiger partial charge in [0.25, 0.3) is 35.4 Å². The second-order valence-corrected chi connectivity index (χ2v) is 39.2. The van der Waals surface area contributed by atoms with E-state index in [-0.39, 0.29) is 299 Å². The van der Waals surface area contributed by atoms with Gasteiger partial charge in [0.15, 0.2) is 5.78 Å². The molecule has 47 nitrogen and oxygen atoms in total. The van der Waals surface area contributed by atoms with Crippen LogP contribution in [-0.4, -0.2) is 390 Å². The molecule has 0 aliphatic carbocycles. The van der Waals surface area contributed by atoms with Crippen molar-refractivity contribution in [2.45, 2.75) is 206 Å². The Morgan fingerprint density at radius 2 is 0.475 bits per heavy atom. The Morgan fingerprint density at radius 3 is 0.681 bits per heavy atom. The Balaban J connectivity index is 4.47. The molecule has 7 atom stereocenters. The van der Waals surface area contributed by atoms with Crippen LogP contribution >= 0.6 is 11.8 Å². The van der Waals surface area contributed by atoms with E-state index in [0.717, 1.165) is 0 Å². The topological polar surface area (TPSA) is 579 Å². The van der Waals surface area contributed by atoms with Crippen LogP contribution in [-0.2, 0) is 162 Å². The lowest BCUT2D eigenvalue weighted by molar-refractivity contribution is -0.169. The summed E-state index contributed by atoms with van der Waals surface area (Å²) in [6.07, 6.45) is 0.0465. The summed E-state index contributed by atoms with van der Waals surface area (Å²) >= 11 is 1.30. The lowest BCUT2D eigenvalue weighted by atomic mass is 9.89. The van der Waals surface area contributed by atoms with Crippen molar-refractivity contribution in [3.05, 3.63) is 0 Å². The number of hydrazine groups is 6. The third-order valence-electron chi connectivity index (χ3n) is 20.9. The quantitative estimate of drug-likeness (QED) is 0.0163. The molecule has 1 unspecified atom stereocenters. The number of carbonyl (C=O) groups is 15. The Hall–Kier alpha value is -7.00. The van der Waals surface area contributed by atoms with Crippen molar-refractivity contribution in [2.24, 2.45) is 51.8 Å². The van der Waals surface area contributed by atoms with Crippen LogP contribution in [0.2, 0.25) is 0 Å². The van der Waals surface area contributed by atoms with Crippen molar-refractivity contribution >= 4 is 99.5 Å². The average molecular weight is 2050 g/mol. The molecule has 0 radical (unpaired) electrons. The van der Waals surface area contributed by atoms with Crippen LogP contribution in [0.25, 0.3) is 0 Å². The SMILES string of the molecule is CC(=O)COCCOCOCC(COCCOCC(=O)NN[C@H](C(C)=O)C(C)C)(COCCOCC(=O)NN[C@H](C(C)=O)C(C)C)COCC(COCCOCC(=O)NN[C@H](C(C)=O)C(C)C)(COCCOCC(=O)NN[C@H](C(C)=O)C(C)C)COCC(COCCOCCSC1CC(=O)N(C(C)(C)C)C1=O)(COCCOCC(=O)NN[C@H](C(C)=O)C(C)C)COCCOCC(=O)NN[C@H](C(C)=O)C(C)C. The summed E-state index contributed by atoms with van der Waals surface area (Å²) in [7, 11) is 0. The number of hydrogen-bond donors (Lipinski definition) is 12. The van der Waals surface area contributed by atoms with E-state index in [1.165, 1.54) is 65.1 Å². The van der Waals surface area contributed by atoms with Crippen LogP contribution in [0.1, 0.15) is 159 Å². The molecule has 141 heavy (non-hydrogen) atoms. The number of nitrogens with zero attached hydrogens (tertiary/aromatic N) is 1. The fraction of sp³-hybridized carbons (Fsp3) is 0.839. The second-order valence-electron chi connectivity index (χ2n) is 37.9. The van der Waals surface area contributed by atoms with Gasteiger partial charge in [0.1, 0.15) is 87.7 Å². The van der Waals surface area contributed by atoms with E-state index >= 15 is 0 Å². The van der Waals surface area contributed by atoms with Gasteiger partial charge in [-0.05, 0) is 105 Å². The van der Waals surface area contributed by atoms with E-state index in [1.807, 2.05) is 83.1 Å². The fourth-order valence-electron chi connectivity index (χ4n) is 13.6. The molecule has 1 fully saturated rings. The smallest absolute Gasteiger partial charge is 0.260 e. The number of ether oxygens (including phenoxy) is 19. The van der Waals surface area contributed by atoms with Gasteiger partial charge in [0.05, 0.1) is 249 Å². The van der Waals surface area contributed by atoms with Crippen molar-refractivity contribution in [2.75, 3.05) is 250 Å². The summed E-state index contributed by atoms with van der Waals surface area (Å²) in [6, 6.07) is -4.10. The normalized spacial score (nSPS) is 14.6. The number of Topliss-reactive ketones (excluding diaryl/α,β-unsaturated/α-hetero) is 7. The molecule has 8 amide bonds. The third-order valence-corrected chi connectivity index (χ3v) is 22.1. The number of thioether (sulfide) groups is 1. The molecule has 0 spiro atoms. The van der Waals surface area contributed by atoms with Crippen molar-refractivity contribution < 1.29 is 162 Å². The Labute approximate surface area is 835 Å². The molecule has 0 saturated carbocycles. The molecule has 0 aromatic rings. The number of likely N-dealkylation sites (tertiary alicyclic amines) is 1. The summed E-state index contributed by atoms with van der Waals surface area (Å²) in [6.45, 7) is 28.7. The molecular weight excluding hydrogens is 1880 g/mol. The maximum Gasteiger partial charge on any atom is 0.260 e.